The molecule has 0 unspecified atom stereocenters. The second kappa shape index (κ2) is 4.08. The predicted octanol–water partition coefficient (Wildman–Crippen LogP) is 3.53. The van der Waals surface area contributed by atoms with Crippen LogP contribution in [0, 0.1) is 42.9 Å². The van der Waals surface area contributed by atoms with E-state index in [9.17, 15) is 22.0 Å². The standard InChI is InChI=1S/C11H5F5NO/c1-3-11(18-4(2)17-3)5-6(12)8(14)10(16)9(15)7(5)13/h1H2,2H3. The molecule has 0 N–H and O–H groups in total. The summed E-state index contributed by atoms with van der Waals surface area (Å²) in [4.78, 5) is 3.60. The number of aromatic nitrogens is 1. The zero-order valence-electron chi connectivity index (χ0n) is 8.95. The molecule has 1 heterocycles. The molecule has 1 radical (unpaired) electrons. The number of hydrogen-bond donors (Lipinski definition) is 0. The fourth-order valence-corrected chi connectivity index (χ4v) is 1.47. The number of hydrogen-bond acceptors (Lipinski definition) is 2. The predicted molar refractivity (Wildman–Crippen MR) is 50.9 cm³/mol. The molecule has 0 aliphatic heterocycles. The molecule has 2 nitrogen and oxygen atoms in total. The van der Waals surface area contributed by atoms with Gasteiger partial charge in [-0.25, -0.2) is 26.9 Å². The van der Waals surface area contributed by atoms with E-state index in [2.05, 4.69) is 11.9 Å². The fourth-order valence-electron chi connectivity index (χ4n) is 1.47. The molecule has 1 aromatic heterocycles. The Bertz CT molecular complexity index is 606. The zero-order valence-corrected chi connectivity index (χ0v) is 8.95. The van der Waals surface area contributed by atoms with Gasteiger partial charge in [0.25, 0.3) is 0 Å². The second-order valence-electron chi connectivity index (χ2n) is 3.45. The molecule has 0 amide bonds. The SMILES string of the molecule is [CH2]c1nc(C)oc1-c1c(F)c(F)c(F)c(F)c1F. The minimum absolute atomic E-state index is 0.000980. The van der Waals surface area contributed by atoms with Gasteiger partial charge < -0.3 is 4.42 Å². The first kappa shape index (κ1) is 12.5. The first-order valence-corrected chi connectivity index (χ1v) is 4.65. The monoisotopic (exact) mass is 262 g/mol. The lowest BCUT2D eigenvalue weighted by Gasteiger charge is -2.06. The number of benzene rings is 1. The molecule has 1 aromatic carbocycles. The van der Waals surface area contributed by atoms with Crippen LogP contribution in [0.25, 0.3) is 11.3 Å². The van der Waals surface area contributed by atoms with Crippen LogP contribution in [0.5, 0.6) is 0 Å². The van der Waals surface area contributed by atoms with Gasteiger partial charge in [0.15, 0.2) is 34.9 Å². The largest absolute Gasteiger partial charge is 0.441 e. The van der Waals surface area contributed by atoms with Crippen molar-refractivity contribution in [1.29, 1.82) is 0 Å². The van der Waals surface area contributed by atoms with Crippen LogP contribution in [0.1, 0.15) is 11.6 Å². The van der Waals surface area contributed by atoms with Gasteiger partial charge in [-0.2, -0.15) is 0 Å². The first-order valence-electron chi connectivity index (χ1n) is 4.65. The quantitative estimate of drug-likeness (QED) is 0.446. The minimum atomic E-state index is -2.23. The van der Waals surface area contributed by atoms with E-state index in [1.54, 1.807) is 0 Å². The molecule has 0 fully saturated rings. The Labute approximate surface area is 98.1 Å². The highest BCUT2D eigenvalue weighted by Crippen LogP contribution is 2.33. The summed E-state index contributed by atoms with van der Waals surface area (Å²) in [6.45, 7) is 4.66. The molecule has 18 heavy (non-hydrogen) atoms. The minimum Gasteiger partial charge on any atom is -0.441 e. The van der Waals surface area contributed by atoms with Crippen molar-refractivity contribution >= 4 is 0 Å². The van der Waals surface area contributed by atoms with Gasteiger partial charge in [0.1, 0.15) is 0 Å². The maximum atomic E-state index is 13.4. The zero-order chi connectivity index (χ0) is 13.6. The van der Waals surface area contributed by atoms with Crippen LogP contribution in [0.15, 0.2) is 4.42 Å². The highest BCUT2D eigenvalue weighted by atomic mass is 19.2. The van der Waals surface area contributed by atoms with Gasteiger partial charge in [-0.15, -0.1) is 0 Å². The summed E-state index contributed by atoms with van der Waals surface area (Å²) in [5.74, 6) is -10.9. The van der Waals surface area contributed by atoms with Gasteiger partial charge in [-0.3, -0.25) is 0 Å². The van der Waals surface area contributed by atoms with Gasteiger partial charge in [-0.05, 0) is 6.92 Å². The Morgan fingerprint density at radius 1 is 0.889 bits per heavy atom. The highest BCUT2D eigenvalue weighted by molar-refractivity contribution is 5.62. The topological polar surface area (TPSA) is 26.0 Å². The average molecular weight is 262 g/mol. The molecule has 2 aromatic rings. The van der Waals surface area contributed by atoms with Crippen molar-refractivity contribution in [3.63, 3.8) is 0 Å². The number of rotatable bonds is 1. The molecule has 0 bridgehead atoms. The van der Waals surface area contributed by atoms with Crippen LogP contribution in [-0.2, 0) is 0 Å². The molecule has 7 heteroatoms. The number of oxazole rings is 1. The molecular formula is C11H5F5NO. The lowest BCUT2D eigenvalue weighted by Crippen LogP contribution is -2.04. The van der Waals surface area contributed by atoms with Gasteiger partial charge in [0.05, 0.1) is 11.3 Å². The summed E-state index contributed by atoms with van der Waals surface area (Å²) in [5.41, 5.74) is -1.38. The first-order chi connectivity index (χ1) is 8.34. The Morgan fingerprint density at radius 2 is 1.33 bits per heavy atom. The average Bonchev–Trinajstić information content (AvgIpc) is 2.64. The summed E-state index contributed by atoms with van der Waals surface area (Å²) < 4.78 is 70.5. The summed E-state index contributed by atoms with van der Waals surface area (Å²) in [5, 5.41) is 0. The van der Waals surface area contributed by atoms with Crippen LogP contribution in [0.4, 0.5) is 22.0 Å². The fraction of sp³-hybridized carbons (Fsp3) is 0.0909. The van der Waals surface area contributed by atoms with E-state index in [0.717, 1.165) is 0 Å². The smallest absolute Gasteiger partial charge is 0.200 e. The van der Waals surface area contributed by atoms with E-state index in [4.69, 9.17) is 4.42 Å². The third-order valence-corrected chi connectivity index (χ3v) is 2.24. The van der Waals surface area contributed by atoms with Crippen molar-refractivity contribution < 1.29 is 26.4 Å². The summed E-state index contributed by atoms with van der Waals surface area (Å²) >= 11 is 0. The molecule has 0 saturated carbocycles. The third-order valence-electron chi connectivity index (χ3n) is 2.24. The van der Waals surface area contributed by atoms with Crippen molar-refractivity contribution in [3.8, 4) is 11.3 Å². The Balaban J connectivity index is 2.84. The van der Waals surface area contributed by atoms with Gasteiger partial charge in [0, 0.05) is 6.92 Å². The Morgan fingerprint density at radius 3 is 1.72 bits per heavy atom. The van der Waals surface area contributed by atoms with E-state index in [-0.39, 0.29) is 11.6 Å². The van der Waals surface area contributed by atoms with Crippen LogP contribution in [-0.4, -0.2) is 4.98 Å². The molecule has 0 spiro atoms. The Hall–Kier alpha value is -1.92. The molecule has 0 aliphatic carbocycles. The highest BCUT2D eigenvalue weighted by Gasteiger charge is 2.29. The van der Waals surface area contributed by atoms with Crippen molar-refractivity contribution in [2.45, 2.75) is 6.92 Å². The van der Waals surface area contributed by atoms with Crippen LogP contribution >= 0.6 is 0 Å². The van der Waals surface area contributed by atoms with Crippen molar-refractivity contribution in [1.82, 2.24) is 4.98 Å². The molecule has 0 aliphatic rings. The van der Waals surface area contributed by atoms with Crippen LogP contribution in [0.3, 0.4) is 0 Å². The lowest BCUT2D eigenvalue weighted by molar-refractivity contribution is 0.378. The van der Waals surface area contributed by atoms with Crippen LogP contribution in [0.2, 0.25) is 0 Å². The van der Waals surface area contributed by atoms with E-state index in [1.807, 2.05) is 0 Å². The maximum absolute atomic E-state index is 13.4. The van der Waals surface area contributed by atoms with Gasteiger partial charge in [0.2, 0.25) is 5.82 Å². The van der Waals surface area contributed by atoms with E-state index >= 15 is 0 Å². The van der Waals surface area contributed by atoms with E-state index < -0.39 is 40.4 Å². The molecule has 2 rings (SSSR count). The van der Waals surface area contributed by atoms with Gasteiger partial charge in [-0.1, -0.05) is 0 Å². The number of halogens is 5. The van der Waals surface area contributed by atoms with Crippen molar-refractivity contribution in [3.05, 3.63) is 47.6 Å². The number of nitrogens with zero attached hydrogens (tertiary/aromatic N) is 1. The number of aryl methyl sites for hydroxylation is 1. The normalized spacial score (nSPS) is 11.1. The van der Waals surface area contributed by atoms with E-state index in [1.165, 1.54) is 6.92 Å². The summed E-state index contributed by atoms with van der Waals surface area (Å²) in [7, 11) is 0. The second-order valence-corrected chi connectivity index (χ2v) is 3.45. The molecular weight excluding hydrogens is 257 g/mol. The molecule has 0 saturated heterocycles. The summed E-state index contributed by atoms with van der Waals surface area (Å²) in [6.07, 6.45) is 0. The lowest BCUT2D eigenvalue weighted by atomic mass is 10.1. The van der Waals surface area contributed by atoms with Crippen molar-refractivity contribution in [2.75, 3.05) is 0 Å². The van der Waals surface area contributed by atoms with E-state index in [0.29, 0.717) is 0 Å². The van der Waals surface area contributed by atoms with Gasteiger partial charge >= 0.3 is 0 Å². The molecule has 0 atom stereocenters. The summed E-state index contributed by atoms with van der Waals surface area (Å²) in [6, 6.07) is 0. The third kappa shape index (κ3) is 1.66. The maximum Gasteiger partial charge on any atom is 0.200 e. The van der Waals surface area contributed by atoms with Crippen LogP contribution < -0.4 is 0 Å². The van der Waals surface area contributed by atoms with Crippen molar-refractivity contribution in [2.24, 2.45) is 0 Å². The molecule has 95 valence electrons. The Kier molecular flexibility index (Phi) is 2.84.